The van der Waals surface area contributed by atoms with Crippen molar-refractivity contribution < 1.29 is 13.2 Å². The number of sulfonamides is 1. The number of carbonyl (C=O) groups is 1. The zero-order chi connectivity index (χ0) is 23.4. The Balaban J connectivity index is 1.29. The van der Waals surface area contributed by atoms with Gasteiger partial charge in [0.2, 0.25) is 15.9 Å². The molecule has 0 bridgehead atoms. The topological polar surface area (TPSA) is 85.5 Å². The van der Waals surface area contributed by atoms with Crippen molar-refractivity contribution >= 4 is 32.5 Å². The van der Waals surface area contributed by atoms with Gasteiger partial charge in [0.1, 0.15) is 0 Å². The third-order valence-corrected chi connectivity index (χ3v) is 8.49. The predicted octanol–water partition coefficient (Wildman–Crippen LogP) is 4.02. The second-order valence-electron chi connectivity index (χ2n) is 8.52. The number of rotatable bonds is 8. The molecule has 1 aliphatic rings. The number of likely N-dealkylation sites (tertiary alicyclic amines) is 1. The molecule has 0 atom stereocenters. The Morgan fingerprint density at radius 1 is 1.06 bits per heavy atom. The van der Waals surface area contributed by atoms with Crippen LogP contribution in [0, 0.1) is 0 Å². The van der Waals surface area contributed by atoms with Gasteiger partial charge in [0.25, 0.3) is 0 Å². The highest BCUT2D eigenvalue weighted by Crippen LogP contribution is 2.29. The van der Waals surface area contributed by atoms with Crippen LogP contribution in [0.4, 0.5) is 5.69 Å². The van der Waals surface area contributed by atoms with Crippen molar-refractivity contribution in [1.29, 1.82) is 0 Å². The normalized spacial score (nSPS) is 15.8. The number of piperidine rings is 1. The van der Waals surface area contributed by atoms with Gasteiger partial charge in [-0.15, -0.1) is 0 Å². The maximum absolute atomic E-state index is 12.6. The van der Waals surface area contributed by atoms with E-state index in [2.05, 4.69) is 39.5 Å². The zero-order valence-electron chi connectivity index (χ0n) is 19.3. The summed E-state index contributed by atoms with van der Waals surface area (Å²) in [6.45, 7) is 6.56. The summed E-state index contributed by atoms with van der Waals surface area (Å²) in [6.07, 6.45) is 2.02. The fourth-order valence-electron chi connectivity index (χ4n) is 4.54. The molecule has 0 spiro atoms. The standard InChI is InChI=1S/C25H32N4O3S/c1-3-29(4-2)33(31,32)22-11-9-21(10-12-22)26-25(30)18-28-15-13-19(14-16-28)24-17-20-7-5-6-8-23(20)27-24/h5-12,17,19,27H,3-4,13-16,18H2,1-2H3,(H,26,30). The lowest BCUT2D eigenvalue weighted by Gasteiger charge is -2.31. The van der Waals surface area contributed by atoms with Gasteiger partial charge in [-0.25, -0.2) is 8.42 Å². The van der Waals surface area contributed by atoms with E-state index in [9.17, 15) is 13.2 Å². The van der Waals surface area contributed by atoms with Gasteiger partial charge in [-0.3, -0.25) is 9.69 Å². The lowest BCUT2D eigenvalue weighted by molar-refractivity contribution is -0.117. The van der Waals surface area contributed by atoms with Crippen molar-refractivity contribution in [2.45, 2.75) is 37.5 Å². The van der Waals surface area contributed by atoms with Crippen molar-refractivity contribution in [2.24, 2.45) is 0 Å². The molecule has 4 rings (SSSR count). The van der Waals surface area contributed by atoms with E-state index in [1.165, 1.54) is 20.9 Å². The van der Waals surface area contributed by atoms with E-state index in [4.69, 9.17) is 0 Å². The van der Waals surface area contributed by atoms with Crippen LogP contribution in [0.25, 0.3) is 10.9 Å². The molecule has 33 heavy (non-hydrogen) atoms. The number of H-pyrrole nitrogens is 1. The first kappa shape index (κ1) is 23.5. The quantitative estimate of drug-likeness (QED) is 0.523. The maximum atomic E-state index is 12.6. The molecule has 0 saturated carbocycles. The number of hydrogen-bond donors (Lipinski definition) is 2. The van der Waals surface area contributed by atoms with Gasteiger partial charge in [-0.1, -0.05) is 32.0 Å². The third kappa shape index (κ3) is 5.29. The number of aromatic nitrogens is 1. The lowest BCUT2D eigenvalue weighted by atomic mass is 9.93. The number of benzene rings is 2. The van der Waals surface area contributed by atoms with Crippen LogP contribution in [0.3, 0.4) is 0 Å². The molecule has 0 radical (unpaired) electrons. The smallest absolute Gasteiger partial charge is 0.243 e. The van der Waals surface area contributed by atoms with Crippen LogP contribution in [0.2, 0.25) is 0 Å². The highest BCUT2D eigenvalue weighted by atomic mass is 32.2. The van der Waals surface area contributed by atoms with Gasteiger partial charge in [0.05, 0.1) is 11.4 Å². The van der Waals surface area contributed by atoms with Gasteiger partial charge in [-0.05, 0) is 67.7 Å². The van der Waals surface area contributed by atoms with Crippen LogP contribution in [-0.2, 0) is 14.8 Å². The van der Waals surface area contributed by atoms with Crippen LogP contribution in [-0.4, -0.2) is 61.2 Å². The van der Waals surface area contributed by atoms with Crippen LogP contribution in [0.1, 0.15) is 38.3 Å². The van der Waals surface area contributed by atoms with Crippen LogP contribution in [0.5, 0.6) is 0 Å². The van der Waals surface area contributed by atoms with E-state index < -0.39 is 10.0 Å². The van der Waals surface area contributed by atoms with Crippen molar-refractivity contribution in [3.05, 3.63) is 60.3 Å². The van der Waals surface area contributed by atoms with E-state index in [0.717, 1.165) is 25.9 Å². The van der Waals surface area contributed by atoms with Crippen molar-refractivity contribution in [3.63, 3.8) is 0 Å². The molecule has 1 fully saturated rings. The fraction of sp³-hybridized carbons (Fsp3) is 0.400. The Labute approximate surface area is 195 Å². The third-order valence-electron chi connectivity index (χ3n) is 6.43. The van der Waals surface area contributed by atoms with Crippen molar-refractivity contribution in [1.82, 2.24) is 14.2 Å². The second-order valence-corrected chi connectivity index (χ2v) is 10.5. The number of anilines is 1. The monoisotopic (exact) mass is 468 g/mol. The predicted molar refractivity (Wildman–Crippen MR) is 132 cm³/mol. The van der Waals surface area contributed by atoms with Gasteiger partial charge in [0.15, 0.2) is 0 Å². The van der Waals surface area contributed by atoms with E-state index in [0.29, 0.717) is 31.2 Å². The molecule has 2 N–H and O–H groups in total. The molecular formula is C25H32N4O3S. The SMILES string of the molecule is CCN(CC)S(=O)(=O)c1ccc(NC(=O)CN2CCC(c3cc4ccccc4[nH]3)CC2)cc1. The highest BCUT2D eigenvalue weighted by molar-refractivity contribution is 7.89. The van der Waals surface area contributed by atoms with E-state index in [1.807, 2.05) is 19.9 Å². The van der Waals surface area contributed by atoms with Crippen molar-refractivity contribution in [3.8, 4) is 0 Å². The summed E-state index contributed by atoms with van der Waals surface area (Å²) in [6, 6.07) is 17.0. The minimum absolute atomic E-state index is 0.0848. The molecule has 0 unspecified atom stereocenters. The molecule has 2 aromatic carbocycles. The zero-order valence-corrected chi connectivity index (χ0v) is 20.1. The highest BCUT2D eigenvalue weighted by Gasteiger charge is 2.24. The minimum atomic E-state index is -3.50. The number of para-hydroxylation sites is 1. The number of nitrogens with one attached hydrogen (secondary N) is 2. The molecule has 2 heterocycles. The molecule has 1 aliphatic heterocycles. The Hall–Kier alpha value is -2.68. The number of hydrogen-bond acceptors (Lipinski definition) is 4. The van der Waals surface area contributed by atoms with Gasteiger partial charge in [-0.2, -0.15) is 4.31 Å². The number of aromatic amines is 1. The number of amides is 1. The molecule has 3 aromatic rings. The maximum Gasteiger partial charge on any atom is 0.243 e. The largest absolute Gasteiger partial charge is 0.358 e. The Bertz CT molecular complexity index is 1160. The molecule has 1 saturated heterocycles. The summed E-state index contributed by atoms with van der Waals surface area (Å²) < 4.78 is 26.6. The Morgan fingerprint density at radius 3 is 2.36 bits per heavy atom. The van der Waals surface area contributed by atoms with Gasteiger partial charge < -0.3 is 10.3 Å². The average molecular weight is 469 g/mol. The summed E-state index contributed by atoms with van der Waals surface area (Å²) in [5.74, 6) is 0.399. The number of carbonyl (C=O) groups excluding carboxylic acids is 1. The first-order valence-corrected chi connectivity index (χ1v) is 13.0. The fourth-order valence-corrected chi connectivity index (χ4v) is 6.00. The molecule has 0 aliphatic carbocycles. The van der Waals surface area contributed by atoms with E-state index in [1.54, 1.807) is 24.3 Å². The summed E-state index contributed by atoms with van der Waals surface area (Å²) in [5.41, 5.74) is 3.05. The van der Waals surface area contributed by atoms with Gasteiger partial charge in [0, 0.05) is 35.9 Å². The second kappa shape index (κ2) is 10.1. The van der Waals surface area contributed by atoms with Crippen LogP contribution in [0.15, 0.2) is 59.5 Å². The first-order chi connectivity index (χ1) is 15.9. The molecule has 7 nitrogen and oxygen atoms in total. The molecule has 1 amide bonds. The Morgan fingerprint density at radius 2 is 1.73 bits per heavy atom. The minimum Gasteiger partial charge on any atom is -0.358 e. The molecule has 1 aromatic heterocycles. The summed E-state index contributed by atoms with van der Waals surface area (Å²) in [7, 11) is -3.50. The summed E-state index contributed by atoms with van der Waals surface area (Å²) in [4.78, 5) is 18.5. The van der Waals surface area contributed by atoms with Crippen LogP contribution >= 0.6 is 0 Å². The average Bonchev–Trinajstić information content (AvgIpc) is 3.25. The summed E-state index contributed by atoms with van der Waals surface area (Å²) >= 11 is 0. The molecular weight excluding hydrogens is 436 g/mol. The summed E-state index contributed by atoms with van der Waals surface area (Å²) in [5, 5.41) is 4.13. The Kier molecular flexibility index (Phi) is 7.17. The van der Waals surface area contributed by atoms with Gasteiger partial charge >= 0.3 is 0 Å². The lowest BCUT2D eigenvalue weighted by Crippen LogP contribution is -2.38. The van der Waals surface area contributed by atoms with Crippen molar-refractivity contribution in [2.75, 3.05) is 38.0 Å². The number of fused-ring (bicyclic) bond motifs is 1. The van der Waals surface area contributed by atoms with Crippen LogP contribution < -0.4 is 5.32 Å². The van der Waals surface area contributed by atoms with E-state index in [-0.39, 0.29) is 10.8 Å². The number of nitrogens with zero attached hydrogens (tertiary/aromatic N) is 2. The molecule has 176 valence electrons. The molecule has 8 heteroatoms. The first-order valence-electron chi connectivity index (χ1n) is 11.6. The van der Waals surface area contributed by atoms with E-state index >= 15 is 0 Å².